The molecule has 0 aliphatic heterocycles. The molecule has 1 aromatic rings. The van der Waals surface area contributed by atoms with Crippen LogP contribution in [0.3, 0.4) is 0 Å². The van der Waals surface area contributed by atoms with Gasteiger partial charge in [0.05, 0.1) is 19.4 Å². The predicted octanol–water partition coefficient (Wildman–Crippen LogP) is 2.15. The summed E-state index contributed by atoms with van der Waals surface area (Å²) in [5.74, 6) is 0.816. The molecular formula is C15H26F3IN4O2. The molecule has 25 heavy (non-hydrogen) atoms. The fourth-order valence-electron chi connectivity index (χ4n) is 1.99. The van der Waals surface area contributed by atoms with Crippen molar-refractivity contribution >= 4 is 29.9 Å². The minimum Gasteiger partial charge on any atom is -0.466 e. The maximum Gasteiger partial charge on any atom is 0.401 e. The van der Waals surface area contributed by atoms with E-state index in [0.29, 0.717) is 24.8 Å². The number of halogens is 4. The molecule has 6 nitrogen and oxygen atoms in total. The van der Waals surface area contributed by atoms with Crippen molar-refractivity contribution in [2.75, 3.05) is 39.8 Å². The van der Waals surface area contributed by atoms with Crippen molar-refractivity contribution < 1.29 is 22.7 Å². The van der Waals surface area contributed by atoms with Crippen LogP contribution in [-0.4, -0.2) is 61.9 Å². The molecule has 10 heteroatoms. The number of alkyl halides is 3. The zero-order valence-electron chi connectivity index (χ0n) is 14.6. The maximum atomic E-state index is 12.3. The van der Waals surface area contributed by atoms with Gasteiger partial charge >= 0.3 is 6.18 Å². The first-order chi connectivity index (χ1) is 11.1. The Labute approximate surface area is 162 Å². The van der Waals surface area contributed by atoms with E-state index in [2.05, 4.69) is 15.6 Å². The third kappa shape index (κ3) is 9.90. The van der Waals surface area contributed by atoms with Gasteiger partial charge in [0.1, 0.15) is 11.4 Å². The molecule has 1 aromatic heterocycles. The van der Waals surface area contributed by atoms with Crippen LogP contribution in [0.1, 0.15) is 19.6 Å². The summed E-state index contributed by atoms with van der Waals surface area (Å²) in [5, 5.41) is 16.3. The number of aliphatic hydroxyl groups is 1. The molecular weight excluding hydrogens is 452 g/mol. The van der Waals surface area contributed by atoms with Gasteiger partial charge in [-0.25, -0.2) is 4.99 Å². The number of guanidine groups is 1. The van der Waals surface area contributed by atoms with E-state index in [-0.39, 0.29) is 37.1 Å². The number of hydrogen-bond acceptors (Lipinski definition) is 4. The number of likely N-dealkylation sites (N-methyl/N-ethyl adjacent to an activating group) is 1. The Balaban J connectivity index is 0.00000576. The molecule has 0 spiro atoms. The quantitative estimate of drug-likeness (QED) is 0.304. The summed E-state index contributed by atoms with van der Waals surface area (Å²) >= 11 is 0. The van der Waals surface area contributed by atoms with E-state index >= 15 is 0 Å². The van der Waals surface area contributed by atoms with E-state index in [1.807, 2.05) is 6.92 Å². The van der Waals surface area contributed by atoms with E-state index in [4.69, 9.17) is 4.42 Å². The molecule has 0 bridgehead atoms. The second-order valence-electron chi connectivity index (χ2n) is 5.73. The van der Waals surface area contributed by atoms with Crippen LogP contribution >= 0.6 is 24.0 Å². The van der Waals surface area contributed by atoms with E-state index in [1.54, 1.807) is 19.1 Å². The van der Waals surface area contributed by atoms with Crippen molar-refractivity contribution in [1.29, 1.82) is 0 Å². The smallest absolute Gasteiger partial charge is 0.401 e. The molecule has 0 aromatic carbocycles. The number of nitrogens with zero attached hydrogens (tertiary/aromatic N) is 2. The highest BCUT2D eigenvalue weighted by Gasteiger charge is 2.29. The molecule has 0 radical (unpaired) electrons. The first-order valence-corrected chi connectivity index (χ1v) is 7.68. The van der Waals surface area contributed by atoms with Crippen LogP contribution in [0.5, 0.6) is 0 Å². The second kappa shape index (κ2) is 10.9. The van der Waals surface area contributed by atoms with Gasteiger partial charge in [-0.3, -0.25) is 4.90 Å². The average Bonchev–Trinajstić information content (AvgIpc) is 2.97. The Kier molecular flexibility index (Phi) is 10.4. The van der Waals surface area contributed by atoms with Crippen LogP contribution in [0.15, 0.2) is 27.8 Å². The summed E-state index contributed by atoms with van der Waals surface area (Å²) in [5.41, 5.74) is -1.26. The van der Waals surface area contributed by atoms with Crippen molar-refractivity contribution in [3.63, 3.8) is 0 Å². The maximum absolute atomic E-state index is 12.3. The SMILES string of the molecule is CCNC(=NCC(C)(O)c1ccco1)NCCN(C)CC(F)(F)F.I. The Bertz CT molecular complexity index is 507. The Morgan fingerprint density at radius 3 is 2.56 bits per heavy atom. The molecule has 0 aliphatic rings. The van der Waals surface area contributed by atoms with E-state index in [0.717, 1.165) is 0 Å². The van der Waals surface area contributed by atoms with Gasteiger partial charge in [0.25, 0.3) is 0 Å². The first kappa shape index (κ1) is 24.0. The van der Waals surface area contributed by atoms with Crippen LogP contribution < -0.4 is 10.6 Å². The molecule has 0 aliphatic carbocycles. The fourth-order valence-corrected chi connectivity index (χ4v) is 1.99. The van der Waals surface area contributed by atoms with Gasteiger partial charge in [-0.05, 0) is 33.0 Å². The Morgan fingerprint density at radius 1 is 1.36 bits per heavy atom. The summed E-state index contributed by atoms with van der Waals surface area (Å²) in [6, 6.07) is 3.33. The van der Waals surface area contributed by atoms with E-state index in [9.17, 15) is 18.3 Å². The van der Waals surface area contributed by atoms with E-state index < -0.39 is 18.3 Å². The van der Waals surface area contributed by atoms with Gasteiger partial charge < -0.3 is 20.2 Å². The van der Waals surface area contributed by atoms with Crippen molar-refractivity contribution in [3.8, 4) is 0 Å². The number of aliphatic imine (C=N–C) groups is 1. The van der Waals surface area contributed by atoms with Crippen molar-refractivity contribution in [2.45, 2.75) is 25.6 Å². The topological polar surface area (TPSA) is 73.0 Å². The summed E-state index contributed by atoms with van der Waals surface area (Å²) in [6.45, 7) is 3.63. The van der Waals surface area contributed by atoms with Crippen LogP contribution in [-0.2, 0) is 5.60 Å². The van der Waals surface area contributed by atoms with Crippen LogP contribution in [0.4, 0.5) is 13.2 Å². The number of hydrogen-bond donors (Lipinski definition) is 3. The molecule has 3 N–H and O–H groups in total. The third-order valence-corrected chi connectivity index (χ3v) is 3.18. The molecule has 1 atom stereocenters. The minimum absolute atomic E-state index is 0. The lowest BCUT2D eigenvalue weighted by atomic mass is 10.0. The van der Waals surface area contributed by atoms with Crippen molar-refractivity contribution in [1.82, 2.24) is 15.5 Å². The zero-order valence-corrected chi connectivity index (χ0v) is 16.9. The van der Waals surface area contributed by atoms with Gasteiger partial charge in [-0.15, -0.1) is 24.0 Å². The summed E-state index contributed by atoms with van der Waals surface area (Å²) in [6.07, 6.45) is -2.75. The molecule has 1 rings (SSSR count). The fraction of sp³-hybridized carbons (Fsp3) is 0.667. The molecule has 1 unspecified atom stereocenters. The second-order valence-corrected chi connectivity index (χ2v) is 5.73. The average molecular weight is 478 g/mol. The molecule has 0 amide bonds. The van der Waals surface area contributed by atoms with E-state index in [1.165, 1.54) is 18.2 Å². The largest absolute Gasteiger partial charge is 0.466 e. The number of nitrogens with one attached hydrogen (secondary N) is 2. The van der Waals surface area contributed by atoms with Crippen LogP contribution in [0, 0.1) is 0 Å². The van der Waals surface area contributed by atoms with Gasteiger partial charge in [0.15, 0.2) is 5.96 Å². The Morgan fingerprint density at radius 2 is 2.04 bits per heavy atom. The van der Waals surface area contributed by atoms with Gasteiger partial charge in [-0.2, -0.15) is 13.2 Å². The Hall–Kier alpha value is -1.01. The summed E-state index contributed by atoms with van der Waals surface area (Å²) < 4.78 is 42.0. The van der Waals surface area contributed by atoms with Crippen molar-refractivity contribution in [3.05, 3.63) is 24.2 Å². The number of rotatable bonds is 8. The highest BCUT2D eigenvalue weighted by Crippen LogP contribution is 2.21. The molecule has 0 fully saturated rings. The molecule has 0 saturated heterocycles. The zero-order chi connectivity index (χ0) is 18.2. The molecule has 0 saturated carbocycles. The highest BCUT2D eigenvalue weighted by atomic mass is 127. The minimum atomic E-state index is -4.21. The van der Waals surface area contributed by atoms with Gasteiger partial charge in [-0.1, -0.05) is 0 Å². The van der Waals surface area contributed by atoms with Gasteiger partial charge in [0.2, 0.25) is 0 Å². The molecule has 146 valence electrons. The summed E-state index contributed by atoms with van der Waals surface area (Å²) in [4.78, 5) is 5.43. The lowest BCUT2D eigenvalue weighted by molar-refractivity contribution is -0.142. The first-order valence-electron chi connectivity index (χ1n) is 7.68. The number of furan rings is 1. The van der Waals surface area contributed by atoms with Crippen LogP contribution in [0.2, 0.25) is 0 Å². The lowest BCUT2D eigenvalue weighted by Gasteiger charge is -2.21. The van der Waals surface area contributed by atoms with Crippen LogP contribution in [0.25, 0.3) is 0 Å². The monoisotopic (exact) mass is 478 g/mol. The van der Waals surface area contributed by atoms with Gasteiger partial charge in [0, 0.05) is 19.6 Å². The summed E-state index contributed by atoms with van der Waals surface area (Å²) in [7, 11) is 1.40. The lowest BCUT2D eigenvalue weighted by Crippen LogP contribution is -2.43. The normalized spacial score (nSPS) is 14.8. The highest BCUT2D eigenvalue weighted by molar-refractivity contribution is 14.0. The molecule has 1 heterocycles. The standard InChI is InChI=1S/C15H25F3N4O2.HI/c1-4-19-13(20-7-8-22(3)11-15(16,17)18)21-10-14(2,23)12-6-5-9-24-12;/h5-6,9,23H,4,7-8,10-11H2,1-3H3,(H2,19,20,21);1H. The predicted molar refractivity (Wildman–Crippen MR) is 101 cm³/mol. The van der Waals surface area contributed by atoms with Crippen molar-refractivity contribution in [2.24, 2.45) is 4.99 Å². The third-order valence-electron chi connectivity index (χ3n) is 3.18.